The van der Waals surface area contributed by atoms with E-state index in [4.69, 9.17) is 4.42 Å². The maximum atomic E-state index is 9.23. The molecule has 2 aromatic heterocycles. The van der Waals surface area contributed by atoms with Gasteiger partial charge < -0.3 is 4.42 Å². The maximum Gasteiger partial charge on any atom is 0.247 e. The second kappa shape index (κ2) is 7.75. The van der Waals surface area contributed by atoms with Crippen LogP contribution in [0, 0.1) is 11.3 Å². The highest BCUT2D eigenvalue weighted by molar-refractivity contribution is 7.98. The lowest BCUT2D eigenvalue weighted by Crippen LogP contribution is -1.94. The van der Waals surface area contributed by atoms with Crippen LogP contribution in [0.15, 0.2) is 51.9 Å². The van der Waals surface area contributed by atoms with E-state index in [-0.39, 0.29) is 0 Å². The Balaban J connectivity index is 1.73. The van der Waals surface area contributed by atoms with E-state index in [1.54, 1.807) is 0 Å². The standard InChI is InChI=1S/C18H16N4OS/c1-2-6-15-10-9-14(11-19)18(20-15)24-12-16-21-22-17(23-16)13-7-4-3-5-8-13/h3-5,7-10H,2,6,12H2,1H3. The fourth-order valence-corrected chi connectivity index (χ4v) is 3.04. The van der Waals surface area contributed by atoms with Gasteiger partial charge in [0.1, 0.15) is 11.1 Å². The third-order valence-electron chi connectivity index (χ3n) is 3.36. The number of benzene rings is 1. The van der Waals surface area contributed by atoms with Gasteiger partial charge in [-0.2, -0.15) is 5.26 Å². The van der Waals surface area contributed by atoms with Crippen LogP contribution in [-0.2, 0) is 12.2 Å². The highest BCUT2D eigenvalue weighted by Crippen LogP contribution is 2.26. The van der Waals surface area contributed by atoms with Crippen LogP contribution >= 0.6 is 11.8 Å². The smallest absolute Gasteiger partial charge is 0.247 e. The van der Waals surface area contributed by atoms with Gasteiger partial charge in [-0.3, -0.25) is 0 Å². The van der Waals surface area contributed by atoms with Gasteiger partial charge in [0.2, 0.25) is 11.8 Å². The summed E-state index contributed by atoms with van der Waals surface area (Å²) < 4.78 is 5.69. The third-order valence-corrected chi connectivity index (χ3v) is 4.34. The average Bonchev–Trinajstić information content (AvgIpc) is 3.10. The summed E-state index contributed by atoms with van der Waals surface area (Å²) in [6.45, 7) is 2.11. The Morgan fingerprint density at radius 3 is 2.71 bits per heavy atom. The molecule has 0 saturated heterocycles. The first-order chi connectivity index (χ1) is 11.8. The summed E-state index contributed by atoms with van der Waals surface area (Å²) >= 11 is 1.44. The van der Waals surface area contributed by atoms with Crippen LogP contribution in [0.3, 0.4) is 0 Å². The monoisotopic (exact) mass is 336 g/mol. The van der Waals surface area contributed by atoms with Gasteiger partial charge in [0.15, 0.2) is 0 Å². The molecule has 0 radical (unpaired) electrons. The van der Waals surface area contributed by atoms with E-state index in [1.807, 2.05) is 42.5 Å². The van der Waals surface area contributed by atoms with Crippen LogP contribution in [0.4, 0.5) is 0 Å². The van der Waals surface area contributed by atoms with Crippen molar-refractivity contribution in [3.05, 3.63) is 59.6 Å². The van der Waals surface area contributed by atoms with Gasteiger partial charge in [-0.05, 0) is 30.7 Å². The SMILES string of the molecule is CCCc1ccc(C#N)c(SCc2nnc(-c3ccccc3)o2)n1. The average molecular weight is 336 g/mol. The number of thioether (sulfide) groups is 1. The zero-order valence-corrected chi connectivity index (χ0v) is 14.1. The molecule has 3 aromatic rings. The first-order valence-corrected chi connectivity index (χ1v) is 8.69. The molecule has 0 fully saturated rings. The predicted molar refractivity (Wildman–Crippen MR) is 92.2 cm³/mol. The molecule has 0 amide bonds. The molecular weight excluding hydrogens is 320 g/mol. The molecule has 1 aromatic carbocycles. The van der Waals surface area contributed by atoms with Gasteiger partial charge in [-0.25, -0.2) is 4.98 Å². The summed E-state index contributed by atoms with van der Waals surface area (Å²) in [5.74, 6) is 1.50. The summed E-state index contributed by atoms with van der Waals surface area (Å²) in [4.78, 5) is 4.56. The predicted octanol–water partition coefficient (Wildman–Crippen LogP) is 4.25. The Labute approximate surface area is 144 Å². The van der Waals surface area contributed by atoms with Crippen molar-refractivity contribution in [1.29, 1.82) is 5.26 Å². The zero-order chi connectivity index (χ0) is 16.8. The second-order valence-corrected chi connectivity index (χ2v) is 6.14. The van der Waals surface area contributed by atoms with E-state index >= 15 is 0 Å². The van der Waals surface area contributed by atoms with Gasteiger partial charge in [-0.1, -0.05) is 43.3 Å². The normalized spacial score (nSPS) is 10.5. The number of nitrogens with zero attached hydrogens (tertiary/aromatic N) is 4. The second-order valence-electron chi connectivity index (χ2n) is 5.17. The lowest BCUT2D eigenvalue weighted by molar-refractivity contribution is 0.528. The van der Waals surface area contributed by atoms with E-state index in [2.05, 4.69) is 28.2 Å². The summed E-state index contributed by atoms with van der Waals surface area (Å²) in [6, 6.07) is 15.6. The Morgan fingerprint density at radius 2 is 1.96 bits per heavy atom. The molecule has 5 nitrogen and oxygen atoms in total. The molecule has 0 aliphatic rings. The van der Waals surface area contributed by atoms with Gasteiger partial charge in [-0.15, -0.1) is 10.2 Å². The highest BCUT2D eigenvalue weighted by Gasteiger charge is 2.11. The van der Waals surface area contributed by atoms with Gasteiger partial charge in [0, 0.05) is 11.3 Å². The maximum absolute atomic E-state index is 9.23. The molecule has 24 heavy (non-hydrogen) atoms. The Hall–Kier alpha value is -2.65. The zero-order valence-electron chi connectivity index (χ0n) is 13.3. The van der Waals surface area contributed by atoms with Gasteiger partial charge in [0.25, 0.3) is 0 Å². The van der Waals surface area contributed by atoms with E-state index in [1.165, 1.54) is 11.8 Å². The minimum atomic E-state index is 0.483. The number of rotatable bonds is 6. The molecule has 3 rings (SSSR count). The van der Waals surface area contributed by atoms with Crippen molar-refractivity contribution in [1.82, 2.24) is 15.2 Å². The Bertz CT molecular complexity index is 855. The molecule has 0 aliphatic carbocycles. The van der Waals surface area contributed by atoms with Crippen LogP contribution in [-0.4, -0.2) is 15.2 Å². The van der Waals surface area contributed by atoms with Crippen molar-refractivity contribution in [2.75, 3.05) is 0 Å². The molecule has 6 heteroatoms. The molecule has 0 spiro atoms. The lowest BCUT2D eigenvalue weighted by Gasteiger charge is -2.04. The third kappa shape index (κ3) is 3.81. The Kier molecular flexibility index (Phi) is 5.24. The van der Waals surface area contributed by atoms with E-state index in [0.717, 1.165) is 24.1 Å². The Morgan fingerprint density at radius 1 is 1.12 bits per heavy atom. The molecule has 0 aliphatic heterocycles. The van der Waals surface area contributed by atoms with Crippen LogP contribution in [0.5, 0.6) is 0 Å². The molecule has 0 atom stereocenters. The quantitative estimate of drug-likeness (QED) is 0.626. The lowest BCUT2D eigenvalue weighted by atomic mass is 10.2. The largest absolute Gasteiger partial charge is 0.420 e. The minimum absolute atomic E-state index is 0.483. The molecule has 0 bridgehead atoms. The van der Waals surface area contributed by atoms with E-state index in [9.17, 15) is 5.26 Å². The molecule has 2 heterocycles. The molecule has 0 unspecified atom stereocenters. The molecule has 0 saturated carbocycles. The number of hydrogen-bond donors (Lipinski definition) is 0. The topological polar surface area (TPSA) is 75.6 Å². The van der Waals surface area contributed by atoms with Crippen LogP contribution in [0.2, 0.25) is 0 Å². The van der Waals surface area contributed by atoms with Crippen molar-refractivity contribution in [3.8, 4) is 17.5 Å². The first kappa shape index (κ1) is 16.2. The summed E-state index contributed by atoms with van der Waals surface area (Å²) in [5, 5.41) is 18.1. The van der Waals surface area contributed by atoms with E-state index < -0.39 is 0 Å². The molecular formula is C18H16N4OS. The van der Waals surface area contributed by atoms with Gasteiger partial charge >= 0.3 is 0 Å². The highest BCUT2D eigenvalue weighted by atomic mass is 32.2. The van der Waals surface area contributed by atoms with Crippen molar-refractivity contribution in [3.63, 3.8) is 0 Å². The van der Waals surface area contributed by atoms with Crippen molar-refractivity contribution in [2.45, 2.75) is 30.5 Å². The van der Waals surface area contributed by atoms with E-state index in [0.29, 0.717) is 28.1 Å². The fraction of sp³-hybridized carbons (Fsp3) is 0.222. The van der Waals surface area contributed by atoms with Crippen molar-refractivity contribution < 1.29 is 4.42 Å². The summed E-state index contributed by atoms with van der Waals surface area (Å²) in [5.41, 5.74) is 2.46. The fourth-order valence-electron chi connectivity index (χ4n) is 2.21. The number of aryl methyl sites for hydroxylation is 1. The number of hydrogen-bond acceptors (Lipinski definition) is 6. The van der Waals surface area contributed by atoms with Crippen LogP contribution in [0.25, 0.3) is 11.5 Å². The number of pyridine rings is 1. The molecule has 0 N–H and O–H groups in total. The summed E-state index contributed by atoms with van der Waals surface area (Å²) in [6.07, 6.45) is 1.92. The first-order valence-electron chi connectivity index (χ1n) is 7.70. The minimum Gasteiger partial charge on any atom is -0.420 e. The van der Waals surface area contributed by atoms with Crippen LogP contribution in [0.1, 0.15) is 30.5 Å². The van der Waals surface area contributed by atoms with Crippen LogP contribution < -0.4 is 0 Å². The number of nitriles is 1. The summed E-state index contributed by atoms with van der Waals surface area (Å²) in [7, 11) is 0. The molecule has 120 valence electrons. The number of aromatic nitrogens is 3. The van der Waals surface area contributed by atoms with Gasteiger partial charge in [0.05, 0.1) is 11.3 Å². The van der Waals surface area contributed by atoms with Crippen molar-refractivity contribution >= 4 is 11.8 Å². The van der Waals surface area contributed by atoms with Crippen molar-refractivity contribution in [2.24, 2.45) is 0 Å².